The summed E-state index contributed by atoms with van der Waals surface area (Å²) in [5.41, 5.74) is 2.50. The summed E-state index contributed by atoms with van der Waals surface area (Å²) in [5, 5.41) is 0. The van der Waals surface area contributed by atoms with E-state index < -0.39 is 25.0 Å². The molecule has 0 N–H and O–H groups in total. The highest BCUT2D eigenvalue weighted by Crippen LogP contribution is 2.68. The Hall–Kier alpha value is 0.271. The van der Waals surface area contributed by atoms with Gasteiger partial charge in [-0.25, -0.2) is 0 Å². The smallest absolute Gasteiger partial charge is 0.184 e. The first-order valence-corrected chi connectivity index (χ1v) is 28.1. The van der Waals surface area contributed by atoms with E-state index in [1.165, 1.54) is 57.8 Å². The van der Waals surface area contributed by atoms with Gasteiger partial charge in [0.1, 0.15) is 0 Å². The molecule has 3 nitrogen and oxygen atoms in total. The fourth-order valence-corrected chi connectivity index (χ4v) is 13.2. The molecule has 0 radical (unpaired) electrons. The lowest BCUT2D eigenvalue weighted by atomic mass is 9.46. The minimum atomic E-state index is -1.69. The summed E-state index contributed by atoms with van der Waals surface area (Å²) in [5.74, 6) is 4.63. The van der Waals surface area contributed by atoms with E-state index in [0.29, 0.717) is 34.9 Å². The van der Waals surface area contributed by atoms with Gasteiger partial charge in [0.25, 0.3) is 0 Å². The summed E-state index contributed by atoms with van der Waals surface area (Å²) >= 11 is 0. The maximum Gasteiger partial charge on any atom is 0.184 e. The average molecular weight is 635 g/mol. The van der Waals surface area contributed by atoms with Crippen LogP contribution in [0.3, 0.4) is 0 Å². The van der Waals surface area contributed by atoms with Gasteiger partial charge in [-0.2, -0.15) is 0 Å². The van der Waals surface area contributed by atoms with Gasteiger partial charge in [0.15, 0.2) is 25.0 Å². The normalized spacial score (nSPS) is 38.7. The Labute approximate surface area is 265 Å². The highest BCUT2D eigenvalue weighted by Gasteiger charge is 2.61. The lowest BCUT2D eigenvalue weighted by molar-refractivity contribution is -0.0923. The molecule has 42 heavy (non-hydrogen) atoms. The molecule has 0 aromatic carbocycles. The molecule has 0 bridgehead atoms. The lowest BCUT2D eigenvalue weighted by Crippen LogP contribution is -2.57. The second kappa shape index (κ2) is 12.8. The molecule has 0 aliphatic heterocycles. The lowest BCUT2D eigenvalue weighted by Gasteiger charge is -2.61. The monoisotopic (exact) mass is 634 g/mol. The standard InChI is InChI=1S/C36H70O3Si3/c1-26(25-37-40(5,6)7)15-14-16-27(2)30-17-18-31-34-32(20-22-36(30,31)4)35(3)21-19-29(38-41(8,9)10)23-28(35)24-33(34)39-42(11,12)13/h24,26-27,29-34H,14-23,25H2,1-13H3/t26?,27-,29+,30-,31?,32?,33-,34?,35+,36-/m1/s1. The van der Waals surface area contributed by atoms with Crippen LogP contribution in [0, 0.1) is 46.3 Å². The molecule has 3 saturated carbocycles. The third-order valence-electron chi connectivity index (χ3n) is 12.0. The van der Waals surface area contributed by atoms with Gasteiger partial charge in [0.05, 0.1) is 6.10 Å². The van der Waals surface area contributed by atoms with Gasteiger partial charge in [0.2, 0.25) is 0 Å². The molecule has 10 atom stereocenters. The van der Waals surface area contributed by atoms with E-state index in [-0.39, 0.29) is 0 Å². The van der Waals surface area contributed by atoms with Gasteiger partial charge in [-0.05, 0) is 157 Å². The van der Waals surface area contributed by atoms with Crippen molar-refractivity contribution in [3.8, 4) is 0 Å². The number of rotatable bonds is 12. The SMILES string of the molecule is CC(CCC[C@@H](C)[C@H]1CCC2C3C(CC[C@@]21C)[C@@]1(C)CC[C@H](O[Si](C)(C)C)CC1=C[C@H]3O[Si](C)(C)C)CO[Si](C)(C)C. The molecular weight excluding hydrogens is 565 g/mol. The van der Waals surface area contributed by atoms with Crippen molar-refractivity contribution >= 4 is 25.0 Å². The van der Waals surface area contributed by atoms with Crippen molar-refractivity contribution in [2.75, 3.05) is 6.61 Å². The van der Waals surface area contributed by atoms with Crippen LogP contribution in [0.2, 0.25) is 58.9 Å². The van der Waals surface area contributed by atoms with Crippen molar-refractivity contribution in [3.63, 3.8) is 0 Å². The maximum absolute atomic E-state index is 7.19. The van der Waals surface area contributed by atoms with Crippen LogP contribution in [0.25, 0.3) is 0 Å². The summed E-state index contributed by atoms with van der Waals surface area (Å²) < 4.78 is 20.1. The molecule has 0 saturated heterocycles. The third kappa shape index (κ3) is 8.15. The van der Waals surface area contributed by atoms with Gasteiger partial charge in [0, 0.05) is 12.7 Å². The number of hydrogen-bond acceptors (Lipinski definition) is 3. The molecule has 4 aliphatic rings. The molecule has 4 aliphatic carbocycles. The fraction of sp³-hybridized carbons (Fsp3) is 0.944. The molecule has 0 amide bonds. The second-order valence-electron chi connectivity index (χ2n) is 18.9. The van der Waals surface area contributed by atoms with Crippen LogP contribution in [0.15, 0.2) is 11.6 Å². The minimum absolute atomic E-state index is 0.307. The number of hydrogen-bond donors (Lipinski definition) is 0. The Bertz CT molecular complexity index is 946. The number of fused-ring (bicyclic) bond motifs is 5. The zero-order valence-electron chi connectivity index (χ0n) is 30.2. The van der Waals surface area contributed by atoms with Crippen molar-refractivity contribution in [1.29, 1.82) is 0 Å². The molecule has 0 heterocycles. The van der Waals surface area contributed by atoms with Gasteiger partial charge < -0.3 is 13.3 Å². The van der Waals surface area contributed by atoms with Crippen LogP contribution in [-0.4, -0.2) is 43.8 Å². The van der Waals surface area contributed by atoms with Crippen molar-refractivity contribution < 1.29 is 13.3 Å². The fourth-order valence-electron chi connectivity index (χ4n) is 10.2. The van der Waals surface area contributed by atoms with E-state index in [9.17, 15) is 0 Å². The first-order chi connectivity index (χ1) is 19.2. The molecule has 4 rings (SSSR count). The Kier molecular flexibility index (Phi) is 10.7. The van der Waals surface area contributed by atoms with E-state index in [4.69, 9.17) is 13.3 Å². The molecular formula is C36H70O3Si3. The summed E-state index contributed by atoms with van der Waals surface area (Å²) in [6, 6.07) is 0. The van der Waals surface area contributed by atoms with Crippen LogP contribution < -0.4 is 0 Å². The molecule has 0 aromatic rings. The summed E-state index contributed by atoms with van der Waals surface area (Å²) in [7, 11) is -4.65. The quantitative estimate of drug-likeness (QED) is 0.158. The Balaban J connectivity index is 1.50. The summed E-state index contributed by atoms with van der Waals surface area (Å²) in [6.07, 6.45) is 16.8. The van der Waals surface area contributed by atoms with Crippen LogP contribution >= 0.6 is 0 Å². The van der Waals surface area contributed by atoms with Crippen LogP contribution in [0.1, 0.15) is 91.9 Å². The van der Waals surface area contributed by atoms with Crippen molar-refractivity contribution in [3.05, 3.63) is 11.6 Å². The van der Waals surface area contributed by atoms with Gasteiger partial charge >= 0.3 is 0 Å². The topological polar surface area (TPSA) is 27.7 Å². The Morgan fingerprint density at radius 2 is 1.45 bits per heavy atom. The molecule has 244 valence electrons. The Morgan fingerprint density at radius 3 is 2.07 bits per heavy atom. The predicted molar refractivity (Wildman–Crippen MR) is 188 cm³/mol. The summed E-state index contributed by atoms with van der Waals surface area (Å²) in [4.78, 5) is 0. The first-order valence-electron chi connectivity index (χ1n) is 17.9. The third-order valence-corrected chi connectivity index (χ3v) is 15.0. The van der Waals surface area contributed by atoms with Crippen LogP contribution in [0.5, 0.6) is 0 Å². The molecule has 6 heteroatoms. The second-order valence-corrected chi connectivity index (χ2v) is 32.3. The van der Waals surface area contributed by atoms with E-state index >= 15 is 0 Å². The molecule has 0 spiro atoms. The van der Waals surface area contributed by atoms with Crippen molar-refractivity contribution in [2.24, 2.45) is 46.3 Å². The van der Waals surface area contributed by atoms with E-state index in [1.54, 1.807) is 5.57 Å². The van der Waals surface area contributed by atoms with Crippen LogP contribution in [-0.2, 0) is 13.3 Å². The highest BCUT2D eigenvalue weighted by atomic mass is 28.4. The molecule has 0 aromatic heterocycles. The van der Waals surface area contributed by atoms with E-state index in [1.807, 2.05) is 0 Å². The summed E-state index contributed by atoms with van der Waals surface area (Å²) in [6.45, 7) is 32.5. The Morgan fingerprint density at radius 1 is 0.786 bits per heavy atom. The van der Waals surface area contributed by atoms with E-state index in [2.05, 4.69) is 92.7 Å². The van der Waals surface area contributed by atoms with Crippen LogP contribution in [0.4, 0.5) is 0 Å². The van der Waals surface area contributed by atoms with Crippen molar-refractivity contribution in [2.45, 2.75) is 163 Å². The predicted octanol–water partition coefficient (Wildman–Crippen LogP) is 10.9. The zero-order chi connectivity index (χ0) is 31.3. The largest absolute Gasteiger partial charge is 0.417 e. The average Bonchev–Trinajstić information content (AvgIpc) is 3.18. The first kappa shape index (κ1) is 35.1. The maximum atomic E-state index is 7.19. The molecule has 4 unspecified atom stereocenters. The van der Waals surface area contributed by atoms with Gasteiger partial charge in [-0.15, -0.1) is 0 Å². The highest BCUT2D eigenvalue weighted by molar-refractivity contribution is 6.70. The van der Waals surface area contributed by atoms with Crippen molar-refractivity contribution in [1.82, 2.24) is 0 Å². The van der Waals surface area contributed by atoms with Gasteiger partial charge in [-0.3, -0.25) is 0 Å². The molecule has 3 fully saturated rings. The zero-order valence-corrected chi connectivity index (χ0v) is 33.2. The van der Waals surface area contributed by atoms with E-state index in [0.717, 1.165) is 36.7 Å². The minimum Gasteiger partial charge on any atom is -0.417 e. The van der Waals surface area contributed by atoms with Gasteiger partial charge in [-0.1, -0.05) is 52.2 Å².